The smallest absolute Gasteiger partial charge is 0.116 e. The van der Waals surface area contributed by atoms with Gasteiger partial charge < -0.3 is 9.13 Å². The van der Waals surface area contributed by atoms with E-state index in [2.05, 4.69) is 117 Å². The molecular weight excluding hydrogens is 490 g/mol. The van der Waals surface area contributed by atoms with Crippen LogP contribution >= 0.6 is 0 Å². The standard InChI is InChI=1S/C35H33N5/c1-34(2,3)22-11-15-24(16-12-22)39-26-9-7-19-36-30(26)32-28(39)21-29-33(38-32)31-27(10-8-20-37-31)40(29)25-17-13-23(14-18-25)35(4,5)6/h7-21H,1-6H3. The maximum atomic E-state index is 5.27. The molecule has 2 aromatic carbocycles. The van der Waals surface area contributed by atoms with Gasteiger partial charge in [-0.1, -0.05) is 65.8 Å². The van der Waals surface area contributed by atoms with Gasteiger partial charge in [-0.05, 0) is 76.6 Å². The molecule has 40 heavy (non-hydrogen) atoms. The lowest BCUT2D eigenvalue weighted by Gasteiger charge is -2.19. The Morgan fingerprint density at radius 2 is 0.875 bits per heavy atom. The monoisotopic (exact) mass is 523 g/mol. The largest absolute Gasteiger partial charge is 0.306 e. The molecule has 0 atom stereocenters. The van der Waals surface area contributed by atoms with Crippen molar-refractivity contribution in [2.24, 2.45) is 0 Å². The number of aromatic nitrogens is 5. The van der Waals surface area contributed by atoms with Crippen LogP contribution in [0.4, 0.5) is 0 Å². The van der Waals surface area contributed by atoms with Crippen LogP contribution in [0.1, 0.15) is 52.7 Å². The van der Waals surface area contributed by atoms with E-state index in [4.69, 9.17) is 15.0 Å². The SMILES string of the molecule is CC(C)(C)c1ccc(-n2c3cccnc3c3nc4c5ncccc5n(-c5ccc(C(C)(C)C)cc5)c4cc32)cc1. The average Bonchev–Trinajstić information content (AvgIpc) is 3.43. The van der Waals surface area contributed by atoms with Crippen molar-refractivity contribution in [2.75, 3.05) is 0 Å². The van der Waals surface area contributed by atoms with Gasteiger partial charge in [0, 0.05) is 23.8 Å². The van der Waals surface area contributed by atoms with E-state index in [0.717, 1.165) is 55.5 Å². The minimum absolute atomic E-state index is 0.0884. The summed E-state index contributed by atoms with van der Waals surface area (Å²) in [5, 5.41) is 0. The summed E-state index contributed by atoms with van der Waals surface area (Å²) in [6, 6.07) is 28.3. The van der Waals surface area contributed by atoms with Gasteiger partial charge in [-0.25, -0.2) is 4.98 Å². The Labute approximate surface area is 234 Å². The fourth-order valence-electron chi connectivity index (χ4n) is 5.74. The first-order valence-electron chi connectivity index (χ1n) is 13.9. The summed E-state index contributed by atoms with van der Waals surface area (Å²) in [7, 11) is 0. The number of pyridine rings is 3. The van der Waals surface area contributed by atoms with E-state index >= 15 is 0 Å². The number of rotatable bonds is 2. The predicted molar refractivity (Wildman–Crippen MR) is 166 cm³/mol. The van der Waals surface area contributed by atoms with Crippen LogP contribution in [0.5, 0.6) is 0 Å². The molecule has 0 aliphatic rings. The summed E-state index contributed by atoms with van der Waals surface area (Å²) < 4.78 is 4.57. The highest BCUT2D eigenvalue weighted by atomic mass is 15.1. The number of hydrogen-bond donors (Lipinski definition) is 0. The van der Waals surface area contributed by atoms with Crippen LogP contribution in [-0.2, 0) is 10.8 Å². The third-order valence-electron chi connectivity index (χ3n) is 7.95. The van der Waals surface area contributed by atoms with Gasteiger partial charge in [0.25, 0.3) is 0 Å². The molecule has 7 aromatic rings. The molecule has 5 heteroatoms. The van der Waals surface area contributed by atoms with Gasteiger partial charge in [0.15, 0.2) is 0 Å². The van der Waals surface area contributed by atoms with E-state index in [0.29, 0.717) is 0 Å². The van der Waals surface area contributed by atoms with Crippen molar-refractivity contribution >= 4 is 44.1 Å². The molecule has 7 rings (SSSR count). The van der Waals surface area contributed by atoms with E-state index in [1.807, 2.05) is 24.5 Å². The van der Waals surface area contributed by atoms with Crippen LogP contribution in [0.2, 0.25) is 0 Å². The zero-order chi connectivity index (χ0) is 27.8. The minimum Gasteiger partial charge on any atom is -0.306 e. The molecule has 0 saturated carbocycles. The van der Waals surface area contributed by atoms with Gasteiger partial charge in [-0.15, -0.1) is 0 Å². The van der Waals surface area contributed by atoms with Gasteiger partial charge in [0.05, 0.1) is 22.1 Å². The van der Waals surface area contributed by atoms with Gasteiger partial charge in [-0.2, -0.15) is 0 Å². The molecule has 0 aliphatic carbocycles. The van der Waals surface area contributed by atoms with Crippen LogP contribution in [0, 0.1) is 0 Å². The summed E-state index contributed by atoms with van der Waals surface area (Å²) in [5.41, 5.74) is 12.7. The summed E-state index contributed by atoms with van der Waals surface area (Å²) in [4.78, 5) is 14.8. The van der Waals surface area contributed by atoms with Crippen molar-refractivity contribution in [3.63, 3.8) is 0 Å². The quantitative estimate of drug-likeness (QED) is 0.228. The number of fused-ring (bicyclic) bond motifs is 6. The lowest BCUT2D eigenvalue weighted by Crippen LogP contribution is -2.10. The Morgan fingerprint density at radius 3 is 1.25 bits per heavy atom. The second-order valence-corrected chi connectivity index (χ2v) is 12.7. The predicted octanol–water partition coefficient (Wildman–Crippen LogP) is 8.66. The number of hydrogen-bond acceptors (Lipinski definition) is 3. The zero-order valence-electron chi connectivity index (χ0n) is 23.9. The van der Waals surface area contributed by atoms with Gasteiger partial charge >= 0.3 is 0 Å². The topological polar surface area (TPSA) is 48.5 Å². The maximum Gasteiger partial charge on any atom is 0.116 e. The van der Waals surface area contributed by atoms with Crippen molar-refractivity contribution in [1.82, 2.24) is 24.1 Å². The molecule has 0 spiro atoms. The third kappa shape index (κ3) is 3.72. The van der Waals surface area contributed by atoms with Crippen molar-refractivity contribution in [2.45, 2.75) is 52.4 Å². The molecular formula is C35H33N5. The molecule has 0 amide bonds. The fraction of sp³-hybridized carbons (Fsp3) is 0.229. The average molecular weight is 524 g/mol. The lowest BCUT2D eigenvalue weighted by atomic mass is 9.87. The molecule has 0 radical (unpaired) electrons. The third-order valence-corrected chi connectivity index (χ3v) is 7.95. The molecule has 0 N–H and O–H groups in total. The molecule has 0 fully saturated rings. The molecule has 5 nitrogen and oxygen atoms in total. The summed E-state index contributed by atoms with van der Waals surface area (Å²) >= 11 is 0. The zero-order valence-corrected chi connectivity index (χ0v) is 23.9. The normalized spacial score (nSPS) is 12.8. The van der Waals surface area contributed by atoms with Crippen molar-refractivity contribution in [3.05, 3.63) is 102 Å². The van der Waals surface area contributed by atoms with Crippen LogP contribution in [0.15, 0.2) is 91.3 Å². The van der Waals surface area contributed by atoms with E-state index in [1.165, 1.54) is 11.1 Å². The van der Waals surface area contributed by atoms with Crippen LogP contribution in [0.3, 0.4) is 0 Å². The second-order valence-electron chi connectivity index (χ2n) is 12.7. The van der Waals surface area contributed by atoms with Crippen molar-refractivity contribution < 1.29 is 0 Å². The number of nitrogens with zero attached hydrogens (tertiary/aromatic N) is 5. The first-order valence-corrected chi connectivity index (χ1v) is 13.9. The van der Waals surface area contributed by atoms with Crippen molar-refractivity contribution in [3.8, 4) is 11.4 Å². The van der Waals surface area contributed by atoms with Gasteiger partial charge in [0.2, 0.25) is 0 Å². The first-order chi connectivity index (χ1) is 19.1. The van der Waals surface area contributed by atoms with Gasteiger partial charge in [-0.3, -0.25) is 9.97 Å². The molecule has 5 heterocycles. The summed E-state index contributed by atoms with van der Waals surface area (Å²) in [6.07, 6.45) is 3.69. The fourth-order valence-corrected chi connectivity index (χ4v) is 5.74. The van der Waals surface area contributed by atoms with E-state index in [9.17, 15) is 0 Å². The maximum absolute atomic E-state index is 5.27. The highest BCUT2D eigenvalue weighted by molar-refractivity contribution is 6.13. The molecule has 0 aliphatic heterocycles. The molecule has 5 aromatic heterocycles. The number of benzene rings is 2. The minimum atomic E-state index is 0.0884. The Hall–Kier alpha value is -4.51. The Kier molecular flexibility index (Phi) is 5.21. The van der Waals surface area contributed by atoms with E-state index in [-0.39, 0.29) is 10.8 Å². The molecule has 0 bridgehead atoms. The Bertz CT molecular complexity index is 1900. The first kappa shape index (κ1) is 24.5. The second kappa shape index (κ2) is 8.49. The van der Waals surface area contributed by atoms with Crippen LogP contribution < -0.4 is 0 Å². The van der Waals surface area contributed by atoms with E-state index < -0.39 is 0 Å². The Morgan fingerprint density at radius 1 is 0.475 bits per heavy atom. The molecule has 0 unspecified atom stereocenters. The lowest BCUT2D eigenvalue weighted by molar-refractivity contribution is 0.590. The molecule has 0 saturated heterocycles. The highest BCUT2D eigenvalue weighted by Crippen LogP contribution is 2.37. The van der Waals surface area contributed by atoms with Crippen LogP contribution in [-0.4, -0.2) is 24.1 Å². The Balaban J connectivity index is 1.55. The highest BCUT2D eigenvalue weighted by Gasteiger charge is 2.22. The van der Waals surface area contributed by atoms with E-state index in [1.54, 1.807) is 0 Å². The summed E-state index contributed by atoms with van der Waals surface area (Å²) in [5.74, 6) is 0. The van der Waals surface area contributed by atoms with Crippen molar-refractivity contribution in [1.29, 1.82) is 0 Å². The summed E-state index contributed by atoms with van der Waals surface area (Å²) in [6.45, 7) is 13.5. The molecule has 198 valence electrons. The van der Waals surface area contributed by atoms with Gasteiger partial charge in [0.1, 0.15) is 22.1 Å². The van der Waals surface area contributed by atoms with Crippen LogP contribution in [0.25, 0.3) is 55.5 Å².